The number of ketones is 1. The van der Waals surface area contributed by atoms with Crippen molar-refractivity contribution in [2.45, 2.75) is 52.6 Å². The highest BCUT2D eigenvalue weighted by Gasteiger charge is 2.32. The fraction of sp³-hybridized carbons (Fsp3) is 0.833. The summed E-state index contributed by atoms with van der Waals surface area (Å²) in [5, 5.41) is 0. The van der Waals surface area contributed by atoms with Crippen LogP contribution >= 0.6 is 0 Å². The molecule has 3 nitrogen and oxygen atoms in total. The molecule has 0 radical (unpaired) electrons. The quantitative estimate of drug-likeness (QED) is 0.626. The van der Waals surface area contributed by atoms with Crippen molar-refractivity contribution >= 4 is 11.8 Å². The Balaban J connectivity index is 2.51. The summed E-state index contributed by atoms with van der Waals surface area (Å²) in [6.45, 7) is 7.48. The molecule has 0 aromatic carbocycles. The third kappa shape index (κ3) is 3.65. The van der Waals surface area contributed by atoms with E-state index in [1.54, 1.807) is 0 Å². The van der Waals surface area contributed by atoms with Gasteiger partial charge in [-0.15, -0.1) is 0 Å². The van der Waals surface area contributed by atoms with Gasteiger partial charge in [-0.1, -0.05) is 6.92 Å². The lowest BCUT2D eigenvalue weighted by Gasteiger charge is -2.28. The molecule has 0 aromatic rings. The molecule has 1 aliphatic rings. The fourth-order valence-electron chi connectivity index (χ4n) is 1.84. The molecule has 2 atom stereocenters. The van der Waals surface area contributed by atoms with E-state index in [1.807, 2.05) is 27.7 Å². The second-order valence-corrected chi connectivity index (χ2v) is 5.37. The first-order valence-electron chi connectivity index (χ1n) is 5.55. The molecular formula is C12H20O3. The van der Waals surface area contributed by atoms with Crippen molar-refractivity contribution in [1.29, 1.82) is 0 Å². The number of carbonyl (C=O) groups excluding carboxylic acids is 2. The van der Waals surface area contributed by atoms with E-state index in [9.17, 15) is 9.59 Å². The highest BCUT2D eigenvalue weighted by Crippen LogP contribution is 2.28. The summed E-state index contributed by atoms with van der Waals surface area (Å²) in [6.07, 6.45) is 1.82. The second kappa shape index (κ2) is 4.33. The van der Waals surface area contributed by atoms with Crippen LogP contribution in [-0.4, -0.2) is 17.4 Å². The zero-order chi connectivity index (χ0) is 11.6. The van der Waals surface area contributed by atoms with E-state index in [0.717, 1.165) is 0 Å². The van der Waals surface area contributed by atoms with Crippen molar-refractivity contribution in [2.24, 2.45) is 11.8 Å². The van der Waals surface area contributed by atoms with Crippen molar-refractivity contribution in [3.8, 4) is 0 Å². The minimum Gasteiger partial charge on any atom is -0.460 e. The highest BCUT2D eigenvalue weighted by atomic mass is 16.6. The summed E-state index contributed by atoms with van der Waals surface area (Å²) in [6, 6.07) is 0. The van der Waals surface area contributed by atoms with E-state index in [-0.39, 0.29) is 23.6 Å². The van der Waals surface area contributed by atoms with Crippen molar-refractivity contribution in [3.63, 3.8) is 0 Å². The topological polar surface area (TPSA) is 43.4 Å². The Labute approximate surface area is 91.2 Å². The van der Waals surface area contributed by atoms with Crippen LogP contribution in [0.25, 0.3) is 0 Å². The Morgan fingerprint density at radius 3 is 2.47 bits per heavy atom. The molecule has 0 heterocycles. The monoisotopic (exact) mass is 212 g/mol. The molecule has 0 spiro atoms. The molecule has 1 saturated carbocycles. The Kier molecular flexibility index (Phi) is 3.53. The Morgan fingerprint density at radius 1 is 1.40 bits per heavy atom. The maximum Gasteiger partial charge on any atom is 0.309 e. The van der Waals surface area contributed by atoms with Gasteiger partial charge >= 0.3 is 5.97 Å². The molecule has 0 aromatic heterocycles. The lowest BCUT2D eigenvalue weighted by molar-refractivity contribution is -0.162. The van der Waals surface area contributed by atoms with Gasteiger partial charge < -0.3 is 4.74 Å². The molecule has 0 bridgehead atoms. The Bertz CT molecular complexity index is 263. The Hall–Kier alpha value is -0.860. The minimum atomic E-state index is -0.429. The number of rotatable bonds is 1. The normalized spacial score (nSPS) is 27.6. The average molecular weight is 212 g/mol. The number of hydrogen-bond donors (Lipinski definition) is 0. The summed E-state index contributed by atoms with van der Waals surface area (Å²) < 4.78 is 5.31. The third-order valence-corrected chi connectivity index (χ3v) is 2.67. The number of ether oxygens (including phenoxy) is 1. The molecule has 1 rings (SSSR count). The van der Waals surface area contributed by atoms with Crippen LogP contribution in [-0.2, 0) is 14.3 Å². The summed E-state index contributed by atoms with van der Waals surface area (Å²) >= 11 is 0. The van der Waals surface area contributed by atoms with Crippen LogP contribution in [0.1, 0.15) is 47.0 Å². The maximum absolute atomic E-state index is 11.7. The third-order valence-electron chi connectivity index (χ3n) is 2.67. The molecule has 15 heavy (non-hydrogen) atoms. The summed E-state index contributed by atoms with van der Waals surface area (Å²) in [7, 11) is 0. The largest absolute Gasteiger partial charge is 0.460 e. The predicted molar refractivity (Wildman–Crippen MR) is 57.4 cm³/mol. The lowest BCUT2D eigenvalue weighted by Crippen LogP contribution is -2.33. The van der Waals surface area contributed by atoms with Gasteiger partial charge in [-0.2, -0.15) is 0 Å². The highest BCUT2D eigenvalue weighted by molar-refractivity contribution is 5.84. The van der Waals surface area contributed by atoms with Crippen LogP contribution < -0.4 is 0 Å². The molecule has 0 N–H and O–H groups in total. The van der Waals surface area contributed by atoms with Gasteiger partial charge in [0.1, 0.15) is 11.4 Å². The van der Waals surface area contributed by atoms with Crippen LogP contribution in [0.2, 0.25) is 0 Å². The average Bonchev–Trinajstić information content (AvgIpc) is 2.06. The molecule has 86 valence electrons. The van der Waals surface area contributed by atoms with Gasteiger partial charge in [-0.3, -0.25) is 9.59 Å². The van der Waals surface area contributed by atoms with Gasteiger partial charge in [0.15, 0.2) is 0 Å². The number of hydrogen-bond acceptors (Lipinski definition) is 3. The van der Waals surface area contributed by atoms with Gasteiger partial charge in [-0.25, -0.2) is 0 Å². The van der Waals surface area contributed by atoms with E-state index in [4.69, 9.17) is 4.74 Å². The molecule has 2 unspecified atom stereocenters. The second-order valence-electron chi connectivity index (χ2n) is 5.37. The van der Waals surface area contributed by atoms with Crippen LogP contribution in [0.3, 0.4) is 0 Å². The van der Waals surface area contributed by atoms with Crippen LogP contribution in [0.15, 0.2) is 0 Å². The first-order chi connectivity index (χ1) is 6.79. The van der Waals surface area contributed by atoms with E-state index < -0.39 is 5.60 Å². The van der Waals surface area contributed by atoms with Crippen molar-refractivity contribution in [1.82, 2.24) is 0 Å². The summed E-state index contributed by atoms with van der Waals surface area (Å²) in [5.74, 6) is 0.0462. The maximum atomic E-state index is 11.7. The van der Waals surface area contributed by atoms with Crippen molar-refractivity contribution in [3.05, 3.63) is 0 Å². The molecule has 0 aliphatic heterocycles. The van der Waals surface area contributed by atoms with E-state index >= 15 is 0 Å². The first-order valence-corrected chi connectivity index (χ1v) is 5.55. The van der Waals surface area contributed by atoms with Crippen LogP contribution in [0.5, 0.6) is 0 Å². The van der Waals surface area contributed by atoms with E-state index in [0.29, 0.717) is 19.3 Å². The van der Waals surface area contributed by atoms with E-state index in [2.05, 4.69) is 0 Å². The van der Waals surface area contributed by atoms with Gasteiger partial charge in [0.05, 0.1) is 5.92 Å². The molecule has 0 amide bonds. The van der Waals surface area contributed by atoms with Crippen molar-refractivity contribution in [2.75, 3.05) is 0 Å². The van der Waals surface area contributed by atoms with E-state index in [1.165, 1.54) is 0 Å². The molecule has 1 fully saturated rings. The number of Topliss-reactive ketones (excluding diaryl/α,β-unsaturated/α-hetero) is 1. The van der Waals surface area contributed by atoms with Gasteiger partial charge in [0.2, 0.25) is 0 Å². The van der Waals surface area contributed by atoms with Crippen LogP contribution in [0, 0.1) is 11.8 Å². The number of esters is 1. The van der Waals surface area contributed by atoms with Crippen molar-refractivity contribution < 1.29 is 14.3 Å². The SMILES string of the molecule is CC1CC(C(=O)OC(C)(C)C)CCC1=O. The zero-order valence-electron chi connectivity index (χ0n) is 10.0. The molecule has 3 heteroatoms. The summed E-state index contributed by atoms with van der Waals surface area (Å²) in [4.78, 5) is 23.0. The Morgan fingerprint density at radius 2 is 2.00 bits per heavy atom. The first kappa shape index (κ1) is 12.2. The smallest absolute Gasteiger partial charge is 0.309 e. The molecule has 0 saturated heterocycles. The minimum absolute atomic E-state index is 0.0104. The van der Waals surface area contributed by atoms with Gasteiger partial charge in [-0.05, 0) is 33.6 Å². The fourth-order valence-corrected chi connectivity index (χ4v) is 1.84. The standard InChI is InChI=1S/C12H20O3/c1-8-7-9(5-6-10(8)13)11(14)15-12(2,3)4/h8-9H,5-7H2,1-4H3. The molecule has 1 aliphatic carbocycles. The van der Waals surface area contributed by atoms with Gasteiger partial charge in [0, 0.05) is 12.3 Å². The number of carbonyl (C=O) groups is 2. The summed E-state index contributed by atoms with van der Waals surface area (Å²) in [5.41, 5.74) is -0.429. The van der Waals surface area contributed by atoms with Gasteiger partial charge in [0.25, 0.3) is 0 Å². The lowest BCUT2D eigenvalue weighted by atomic mass is 9.81. The van der Waals surface area contributed by atoms with Crippen LogP contribution in [0.4, 0.5) is 0 Å². The zero-order valence-corrected chi connectivity index (χ0v) is 10.0. The predicted octanol–water partition coefficient (Wildman–Crippen LogP) is 2.33. The molecular weight excluding hydrogens is 192 g/mol.